The van der Waals surface area contributed by atoms with Crippen molar-refractivity contribution in [2.24, 2.45) is 0 Å². The van der Waals surface area contributed by atoms with Crippen LogP contribution in [0.25, 0.3) is 21.7 Å². The van der Waals surface area contributed by atoms with E-state index in [2.05, 4.69) is 12.1 Å². The second kappa shape index (κ2) is 2.51. The van der Waals surface area contributed by atoms with Crippen LogP contribution in [0.2, 0.25) is 0 Å². The molecule has 3 rings (SSSR count). The number of hydrogen-bond donors (Lipinski definition) is 1. The van der Waals surface area contributed by atoms with Crippen LogP contribution in [0.4, 0.5) is 5.69 Å². The second-order valence-corrected chi connectivity index (χ2v) is 3.35. The number of benzene rings is 2. The van der Waals surface area contributed by atoms with Crippen LogP contribution in [0.3, 0.4) is 0 Å². The third kappa shape index (κ3) is 0.852. The first kappa shape index (κ1) is 7.44. The van der Waals surface area contributed by atoms with Gasteiger partial charge < -0.3 is 10.2 Å². The van der Waals surface area contributed by atoms with Crippen molar-refractivity contribution in [1.82, 2.24) is 0 Å². The molecule has 1 aromatic heterocycles. The van der Waals surface area contributed by atoms with E-state index < -0.39 is 0 Å². The molecule has 0 spiro atoms. The fourth-order valence-corrected chi connectivity index (χ4v) is 1.83. The number of furan rings is 1. The minimum atomic E-state index is 0.705. The van der Waals surface area contributed by atoms with Crippen molar-refractivity contribution in [3.8, 4) is 0 Å². The molecule has 0 fully saturated rings. The molecule has 14 heavy (non-hydrogen) atoms. The van der Waals surface area contributed by atoms with Crippen molar-refractivity contribution in [2.75, 3.05) is 5.73 Å². The zero-order valence-electron chi connectivity index (χ0n) is 7.53. The summed E-state index contributed by atoms with van der Waals surface area (Å²) < 4.78 is 5.33. The van der Waals surface area contributed by atoms with E-state index in [9.17, 15) is 0 Å². The van der Waals surface area contributed by atoms with Crippen molar-refractivity contribution >= 4 is 27.4 Å². The van der Waals surface area contributed by atoms with Crippen LogP contribution in [-0.4, -0.2) is 0 Å². The van der Waals surface area contributed by atoms with Crippen LogP contribution >= 0.6 is 0 Å². The lowest BCUT2D eigenvalue weighted by atomic mass is 10.1. The van der Waals surface area contributed by atoms with E-state index in [0.29, 0.717) is 5.69 Å². The van der Waals surface area contributed by atoms with Crippen molar-refractivity contribution in [3.63, 3.8) is 0 Å². The van der Waals surface area contributed by atoms with E-state index >= 15 is 0 Å². The zero-order valence-corrected chi connectivity index (χ0v) is 7.53. The lowest BCUT2D eigenvalue weighted by Gasteiger charge is -1.98. The Labute approximate surface area is 80.9 Å². The van der Waals surface area contributed by atoms with Gasteiger partial charge in [0.25, 0.3) is 0 Å². The number of hydrogen-bond acceptors (Lipinski definition) is 2. The van der Waals surface area contributed by atoms with Crippen LogP contribution in [0.15, 0.2) is 47.1 Å². The van der Waals surface area contributed by atoms with E-state index in [4.69, 9.17) is 10.2 Å². The summed E-state index contributed by atoms with van der Waals surface area (Å²) >= 11 is 0. The highest BCUT2D eigenvalue weighted by molar-refractivity contribution is 6.11. The van der Waals surface area contributed by atoms with Crippen LogP contribution < -0.4 is 5.73 Å². The van der Waals surface area contributed by atoms with Gasteiger partial charge in [-0.25, -0.2) is 0 Å². The predicted octanol–water partition coefficient (Wildman–Crippen LogP) is 3.17. The molecular weight excluding hydrogens is 174 g/mol. The molecule has 1 heterocycles. The van der Waals surface area contributed by atoms with E-state index in [1.165, 1.54) is 5.39 Å². The molecule has 2 N–H and O–H groups in total. The molecule has 0 amide bonds. The second-order valence-electron chi connectivity index (χ2n) is 3.35. The van der Waals surface area contributed by atoms with E-state index in [1.54, 1.807) is 6.26 Å². The Hall–Kier alpha value is -1.96. The maximum absolute atomic E-state index is 5.85. The molecule has 0 bridgehead atoms. The van der Waals surface area contributed by atoms with Gasteiger partial charge in [0.05, 0.1) is 11.1 Å². The summed E-state index contributed by atoms with van der Waals surface area (Å²) in [6, 6.07) is 12.2. The summed E-state index contributed by atoms with van der Waals surface area (Å²) in [4.78, 5) is 0. The first-order valence-corrected chi connectivity index (χ1v) is 4.51. The van der Waals surface area contributed by atoms with Gasteiger partial charge in [0.1, 0.15) is 11.8 Å². The SMILES string of the molecule is Nc1coc2ccc3ccccc3c12. The number of nitrogens with two attached hydrogens (primary N) is 1. The molecule has 2 heteroatoms. The first-order chi connectivity index (χ1) is 6.86. The monoisotopic (exact) mass is 183 g/mol. The molecule has 0 aliphatic heterocycles. The summed E-state index contributed by atoms with van der Waals surface area (Å²) in [6.07, 6.45) is 1.59. The van der Waals surface area contributed by atoms with Crippen LogP contribution in [0.5, 0.6) is 0 Å². The summed E-state index contributed by atoms with van der Waals surface area (Å²) in [6.45, 7) is 0. The Balaban J connectivity index is 2.65. The molecule has 3 aromatic rings. The van der Waals surface area contributed by atoms with Gasteiger partial charge >= 0.3 is 0 Å². The van der Waals surface area contributed by atoms with Crippen molar-refractivity contribution < 1.29 is 4.42 Å². The number of nitrogen functional groups attached to an aromatic ring is 1. The Morgan fingerprint density at radius 2 is 1.86 bits per heavy atom. The van der Waals surface area contributed by atoms with Gasteiger partial charge in [-0.05, 0) is 16.8 Å². The fourth-order valence-electron chi connectivity index (χ4n) is 1.83. The molecule has 68 valence electrons. The molecular formula is C12H9NO. The highest BCUT2D eigenvalue weighted by Gasteiger charge is 2.05. The zero-order chi connectivity index (χ0) is 9.54. The molecule has 0 saturated carbocycles. The number of rotatable bonds is 0. The van der Waals surface area contributed by atoms with Gasteiger partial charge in [0.15, 0.2) is 0 Å². The van der Waals surface area contributed by atoms with Crippen LogP contribution in [0.1, 0.15) is 0 Å². The smallest absolute Gasteiger partial charge is 0.136 e. The Morgan fingerprint density at radius 3 is 2.79 bits per heavy atom. The average Bonchev–Trinajstić information content (AvgIpc) is 2.61. The summed E-state index contributed by atoms with van der Waals surface area (Å²) in [5.74, 6) is 0. The highest BCUT2D eigenvalue weighted by atomic mass is 16.3. The predicted molar refractivity (Wildman–Crippen MR) is 58.1 cm³/mol. The standard InChI is InChI=1S/C12H9NO/c13-10-7-14-11-6-5-8-3-1-2-4-9(8)12(10)11/h1-7H,13H2. The van der Waals surface area contributed by atoms with Gasteiger partial charge in [-0.15, -0.1) is 0 Å². The summed E-state index contributed by atoms with van der Waals surface area (Å²) in [7, 11) is 0. The summed E-state index contributed by atoms with van der Waals surface area (Å²) in [5, 5.41) is 3.35. The van der Waals surface area contributed by atoms with Gasteiger partial charge in [-0.3, -0.25) is 0 Å². The Morgan fingerprint density at radius 1 is 1.00 bits per heavy atom. The highest BCUT2D eigenvalue weighted by Crippen LogP contribution is 2.30. The van der Waals surface area contributed by atoms with Gasteiger partial charge in [0.2, 0.25) is 0 Å². The van der Waals surface area contributed by atoms with Crippen molar-refractivity contribution in [1.29, 1.82) is 0 Å². The lowest BCUT2D eigenvalue weighted by Crippen LogP contribution is -1.81. The molecule has 0 aliphatic carbocycles. The van der Waals surface area contributed by atoms with E-state index in [-0.39, 0.29) is 0 Å². The van der Waals surface area contributed by atoms with Gasteiger partial charge in [-0.1, -0.05) is 30.3 Å². The van der Waals surface area contributed by atoms with E-state index in [1.807, 2.05) is 24.3 Å². The third-order valence-electron chi connectivity index (χ3n) is 2.49. The average molecular weight is 183 g/mol. The normalized spacial score (nSPS) is 11.1. The minimum absolute atomic E-state index is 0.705. The molecule has 0 atom stereocenters. The quantitative estimate of drug-likeness (QED) is 0.581. The van der Waals surface area contributed by atoms with E-state index in [0.717, 1.165) is 16.4 Å². The molecule has 0 unspecified atom stereocenters. The van der Waals surface area contributed by atoms with Crippen molar-refractivity contribution in [3.05, 3.63) is 42.7 Å². The van der Waals surface area contributed by atoms with Gasteiger partial charge in [-0.2, -0.15) is 0 Å². The third-order valence-corrected chi connectivity index (χ3v) is 2.49. The maximum atomic E-state index is 5.85. The molecule has 0 aliphatic rings. The Kier molecular flexibility index (Phi) is 1.34. The summed E-state index contributed by atoms with van der Waals surface area (Å²) in [5.41, 5.74) is 7.40. The van der Waals surface area contributed by atoms with Crippen LogP contribution in [-0.2, 0) is 0 Å². The molecule has 2 aromatic carbocycles. The fraction of sp³-hybridized carbons (Fsp3) is 0. The number of anilines is 1. The Bertz CT molecular complexity index is 610. The van der Waals surface area contributed by atoms with Crippen LogP contribution in [0, 0.1) is 0 Å². The van der Waals surface area contributed by atoms with Crippen molar-refractivity contribution in [2.45, 2.75) is 0 Å². The molecule has 2 nitrogen and oxygen atoms in total. The molecule has 0 saturated heterocycles. The maximum Gasteiger partial charge on any atom is 0.136 e. The lowest BCUT2D eigenvalue weighted by molar-refractivity contribution is 0.617. The topological polar surface area (TPSA) is 39.2 Å². The van der Waals surface area contributed by atoms with Gasteiger partial charge in [0, 0.05) is 0 Å². The minimum Gasteiger partial charge on any atom is -0.462 e. The largest absolute Gasteiger partial charge is 0.462 e. The molecule has 0 radical (unpaired) electrons. The first-order valence-electron chi connectivity index (χ1n) is 4.51. The number of fused-ring (bicyclic) bond motifs is 3.